The molecule has 1 aliphatic carbocycles. The van der Waals surface area contributed by atoms with E-state index in [1.807, 2.05) is 18.2 Å². The minimum absolute atomic E-state index is 0. The maximum Gasteiger partial charge on any atom is 0.230 e. The van der Waals surface area contributed by atoms with Gasteiger partial charge in [-0.1, -0.05) is 11.2 Å². The fourth-order valence-electron chi connectivity index (χ4n) is 3.59. The van der Waals surface area contributed by atoms with Crippen LogP contribution in [0.2, 0.25) is 0 Å². The van der Waals surface area contributed by atoms with Crippen LogP contribution in [0.3, 0.4) is 0 Å². The van der Waals surface area contributed by atoms with Crippen molar-refractivity contribution in [2.24, 2.45) is 5.41 Å². The van der Waals surface area contributed by atoms with E-state index in [0.29, 0.717) is 23.5 Å². The Labute approximate surface area is 147 Å². The van der Waals surface area contributed by atoms with Crippen molar-refractivity contribution in [2.45, 2.75) is 25.2 Å². The fourth-order valence-corrected chi connectivity index (χ4v) is 3.59. The second-order valence-electron chi connectivity index (χ2n) is 6.46. The normalized spacial score (nSPS) is 24.7. The van der Waals surface area contributed by atoms with E-state index in [0.717, 1.165) is 42.5 Å². The SMILES string of the molecule is COc1ccc(Cc2noc(C3CC34CCNC4)n2)cc1OC.Cl. The van der Waals surface area contributed by atoms with E-state index in [2.05, 4.69) is 15.5 Å². The third-order valence-electron chi connectivity index (χ3n) is 5.06. The first-order chi connectivity index (χ1) is 11.2. The first-order valence-corrected chi connectivity index (χ1v) is 7.98. The van der Waals surface area contributed by atoms with Crippen molar-refractivity contribution in [3.8, 4) is 11.5 Å². The summed E-state index contributed by atoms with van der Waals surface area (Å²) in [6.45, 7) is 2.17. The average Bonchev–Trinajstić information content (AvgIpc) is 2.91. The number of halogens is 1. The lowest BCUT2D eigenvalue weighted by atomic mass is 10.0. The molecule has 1 N–H and O–H groups in total. The van der Waals surface area contributed by atoms with Gasteiger partial charge in [0.15, 0.2) is 17.3 Å². The molecular weight excluding hydrogens is 330 g/mol. The highest BCUT2D eigenvalue weighted by atomic mass is 35.5. The highest BCUT2D eigenvalue weighted by Crippen LogP contribution is 2.62. The third kappa shape index (κ3) is 2.96. The van der Waals surface area contributed by atoms with Gasteiger partial charge in [-0.25, -0.2) is 0 Å². The standard InChI is InChI=1S/C17H21N3O3.ClH/c1-21-13-4-3-11(7-14(13)22-2)8-15-19-16(23-20-15)12-9-17(12)5-6-18-10-17;/h3-4,7,12,18H,5-6,8-10H2,1-2H3;1H. The van der Waals surface area contributed by atoms with Gasteiger partial charge in [0.05, 0.1) is 14.2 Å². The minimum atomic E-state index is 0. The molecule has 2 heterocycles. The number of aromatic nitrogens is 2. The quantitative estimate of drug-likeness (QED) is 0.892. The third-order valence-corrected chi connectivity index (χ3v) is 5.06. The van der Waals surface area contributed by atoms with Crippen molar-refractivity contribution in [1.82, 2.24) is 15.5 Å². The maximum absolute atomic E-state index is 5.50. The van der Waals surface area contributed by atoms with Crippen LogP contribution in [0.5, 0.6) is 11.5 Å². The summed E-state index contributed by atoms with van der Waals surface area (Å²) >= 11 is 0. The lowest BCUT2D eigenvalue weighted by Gasteiger charge is -2.08. The first kappa shape index (κ1) is 17.0. The maximum atomic E-state index is 5.50. The van der Waals surface area contributed by atoms with Gasteiger partial charge < -0.3 is 19.3 Å². The van der Waals surface area contributed by atoms with Crippen molar-refractivity contribution < 1.29 is 14.0 Å². The van der Waals surface area contributed by atoms with E-state index < -0.39 is 0 Å². The number of hydrogen-bond donors (Lipinski definition) is 1. The zero-order valence-electron chi connectivity index (χ0n) is 13.9. The number of rotatable bonds is 5. The van der Waals surface area contributed by atoms with E-state index in [1.54, 1.807) is 14.2 Å². The van der Waals surface area contributed by atoms with Crippen molar-refractivity contribution in [3.05, 3.63) is 35.5 Å². The lowest BCUT2D eigenvalue weighted by molar-refractivity contribution is 0.354. The molecule has 130 valence electrons. The molecule has 1 saturated carbocycles. The highest BCUT2D eigenvalue weighted by molar-refractivity contribution is 5.85. The molecule has 4 rings (SSSR count). The monoisotopic (exact) mass is 351 g/mol. The second-order valence-corrected chi connectivity index (χ2v) is 6.46. The molecule has 2 aliphatic rings. The Morgan fingerprint density at radius 1 is 1.29 bits per heavy atom. The zero-order chi connectivity index (χ0) is 15.9. The topological polar surface area (TPSA) is 69.4 Å². The van der Waals surface area contributed by atoms with Crippen LogP contribution in [0.1, 0.15) is 36.0 Å². The van der Waals surface area contributed by atoms with E-state index in [4.69, 9.17) is 14.0 Å². The molecule has 0 radical (unpaired) electrons. The van der Waals surface area contributed by atoms with Crippen LogP contribution in [0.15, 0.2) is 22.7 Å². The van der Waals surface area contributed by atoms with Crippen LogP contribution < -0.4 is 14.8 Å². The van der Waals surface area contributed by atoms with Gasteiger partial charge in [0, 0.05) is 18.9 Å². The molecule has 7 heteroatoms. The van der Waals surface area contributed by atoms with Crippen molar-refractivity contribution in [3.63, 3.8) is 0 Å². The molecule has 0 amide bonds. The number of benzene rings is 1. The molecular formula is C17H22ClN3O3. The van der Waals surface area contributed by atoms with Gasteiger partial charge in [-0.2, -0.15) is 4.98 Å². The predicted molar refractivity (Wildman–Crippen MR) is 91.2 cm³/mol. The lowest BCUT2D eigenvalue weighted by Crippen LogP contribution is -2.10. The number of ether oxygens (including phenoxy) is 2. The first-order valence-electron chi connectivity index (χ1n) is 7.98. The van der Waals surface area contributed by atoms with Gasteiger partial charge in [0.1, 0.15) is 0 Å². The van der Waals surface area contributed by atoms with Crippen LogP contribution in [-0.2, 0) is 6.42 Å². The molecule has 24 heavy (non-hydrogen) atoms. The minimum Gasteiger partial charge on any atom is -0.493 e. The largest absolute Gasteiger partial charge is 0.493 e. The van der Waals surface area contributed by atoms with Gasteiger partial charge in [0.2, 0.25) is 5.89 Å². The smallest absolute Gasteiger partial charge is 0.230 e. The van der Waals surface area contributed by atoms with Gasteiger partial charge in [0.25, 0.3) is 0 Å². The van der Waals surface area contributed by atoms with Gasteiger partial charge in [-0.05, 0) is 42.5 Å². The number of methoxy groups -OCH3 is 2. The van der Waals surface area contributed by atoms with Gasteiger partial charge in [-0.15, -0.1) is 12.4 Å². The van der Waals surface area contributed by atoms with E-state index in [9.17, 15) is 0 Å². The molecule has 0 bridgehead atoms. The molecule has 1 saturated heterocycles. The fraction of sp³-hybridized carbons (Fsp3) is 0.529. The average molecular weight is 352 g/mol. The Hall–Kier alpha value is -1.79. The summed E-state index contributed by atoms with van der Waals surface area (Å²) in [5.41, 5.74) is 1.45. The van der Waals surface area contributed by atoms with E-state index in [-0.39, 0.29) is 12.4 Å². The molecule has 2 aromatic rings. The van der Waals surface area contributed by atoms with Crippen LogP contribution in [0, 0.1) is 5.41 Å². The van der Waals surface area contributed by atoms with Crippen molar-refractivity contribution in [2.75, 3.05) is 27.3 Å². The Morgan fingerprint density at radius 2 is 2.12 bits per heavy atom. The summed E-state index contributed by atoms with van der Waals surface area (Å²) in [4.78, 5) is 4.61. The number of nitrogens with zero attached hydrogens (tertiary/aromatic N) is 2. The molecule has 1 aromatic heterocycles. The Morgan fingerprint density at radius 3 is 2.83 bits per heavy atom. The highest BCUT2D eigenvalue weighted by Gasteiger charge is 2.58. The zero-order valence-corrected chi connectivity index (χ0v) is 14.7. The molecule has 1 spiro atoms. The molecule has 1 aromatic carbocycles. The second kappa shape index (κ2) is 6.61. The summed E-state index contributed by atoms with van der Waals surface area (Å²) in [6, 6.07) is 5.85. The van der Waals surface area contributed by atoms with Crippen LogP contribution >= 0.6 is 12.4 Å². The predicted octanol–water partition coefficient (Wildman–Crippen LogP) is 2.57. The Bertz CT molecular complexity index is 713. The van der Waals surface area contributed by atoms with E-state index in [1.165, 1.54) is 6.42 Å². The summed E-state index contributed by atoms with van der Waals surface area (Å²) in [6.07, 6.45) is 3.00. The molecule has 2 atom stereocenters. The van der Waals surface area contributed by atoms with Gasteiger partial charge in [-0.3, -0.25) is 0 Å². The number of nitrogens with one attached hydrogen (secondary N) is 1. The van der Waals surface area contributed by atoms with Crippen LogP contribution in [0.25, 0.3) is 0 Å². The van der Waals surface area contributed by atoms with Crippen molar-refractivity contribution in [1.29, 1.82) is 0 Å². The number of hydrogen-bond acceptors (Lipinski definition) is 6. The summed E-state index contributed by atoms with van der Waals surface area (Å²) in [5, 5.41) is 7.58. The van der Waals surface area contributed by atoms with E-state index >= 15 is 0 Å². The van der Waals surface area contributed by atoms with Gasteiger partial charge >= 0.3 is 0 Å². The summed E-state index contributed by atoms with van der Waals surface area (Å²) in [7, 11) is 3.27. The Balaban J connectivity index is 0.00000169. The summed E-state index contributed by atoms with van der Waals surface area (Å²) in [5.74, 6) is 3.39. The van der Waals surface area contributed by atoms with Crippen LogP contribution in [0.4, 0.5) is 0 Å². The summed E-state index contributed by atoms with van der Waals surface area (Å²) < 4.78 is 16.1. The molecule has 6 nitrogen and oxygen atoms in total. The Kier molecular flexibility index (Phi) is 4.69. The molecule has 2 unspecified atom stereocenters. The molecule has 2 fully saturated rings. The molecule has 1 aliphatic heterocycles. The van der Waals surface area contributed by atoms with Crippen LogP contribution in [-0.4, -0.2) is 37.4 Å². The van der Waals surface area contributed by atoms with Crippen molar-refractivity contribution >= 4 is 12.4 Å².